The van der Waals surface area contributed by atoms with E-state index in [0.717, 1.165) is 12.8 Å². The third-order valence-corrected chi connectivity index (χ3v) is 3.70. The van der Waals surface area contributed by atoms with Crippen molar-refractivity contribution in [3.8, 4) is 0 Å². The van der Waals surface area contributed by atoms with Gasteiger partial charge in [-0.2, -0.15) is 12.1 Å². The Bertz CT molecular complexity index is 638. The number of hydrogen-bond acceptors (Lipinski definition) is 0. The molecule has 0 atom stereocenters. The van der Waals surface area contributed by atoms with Crippen LogP contribution >= 0.6 is 24.8 Å². The molecule has 0 bridgehead atoms. The molecular formula is C21H26Cl2Zr. The summed E-state index contributed by atoms with van der Waals surface area (Å²) in [5.41, 5.74) is 2.79. The summed E-state index contributed by atoms with van der Waals surface area (Å²) >= 11 is 0. The summed E-state index contributed by atoms with van der Waals surface area (Å²) in [6, 6.07) is 12.8. The van der Waals surface area contributed by atoms with Crippen molar-refractivity contribution in [2.24, 2.45) is 0 Å². The van der Waals surface area contributed by atoms with Crippen molar-refractivity contribution in [2.45, 2.75) is 39.0 Å². The Kier molecular flexibility index (Phi) is 15.9. The molecule has 0 aliphatic heterocycles. The number of benzene rings is 1. The average molecular weight is 441 g/mol. The molecule has 0 radical (unpaired) electrons. The Hall–Kier alpha value is -0.487. The molecule has 0 saturated carbocycles. The van der Waals surface area contributed by atoms with Gasteiger partial charge in [0.15, 0.2) is 0 Å². The molecule has 0 spiro atoms. The van der Waals surface area contributed by atoms with Gasteiger partial charge in [0.05, 0.1) is 0 Å². The number of halogens is 2. The summed E-state index contributed by atoms with van der Waals surface area (Å²) in [6.07, 6.45) is 15.4. The van der Waals surface area contributed by atoms with Crippen molar-refractivity contribution in [2.75, 3.05) is 0 Å². The first-order valence-corrected chi connectivity index (χ1v) is 7.85. The Balaban J connectivity index is 0. The van der Waals surface area contributed by atoms with Gasteiger partial charge in [0.1, 0.15) is 0 Å². The summed E-state index contributed by atoms with van der Waals surface area (Å²) in [6.45, 7) is 5.96. The van der Waals surface area contributed by atoms with Gasteiger partial charge in [0, 0.05) is 0 Å². The normalized spacial score (nSPS) is 11.3. The minimum atomic E-state index is 0. The number of allylic oxidation sites excluding steroid dienone is 5. The molecular weight excluding hydrogens is 414 g/mol. The first kappa shape index (κ1) is 25.7. The Morgan fingerprint density at radius 3 is 2.58 bits per heavy atom. The molecule has 0 aromatic heterocycles. The van der Waals surface area contributed by atoms with Gasteiger partial charge in [0.2, 0.25) is 0 Å². The smallest absolute Gasteiger partial charge is 0.269 e. The van der Waals surface area contributed by atoms with Crippen LogP contribution in [0.2, 0.25) is 0 Å². The van der Waals surface area contributed by atoms with Crippen molar-refractivity contribution < 1.29 is 26.2 Å². The van der Waals surface area contributed by atoms with Gasteiger partial charge in [-0.3, -0.25) is 6.08 Å². The van der Waals surface area contributed by atoms with Crippen LogP contribution in [0.5, 0.6) is 0 Å². The first-order chi connectivity index (χ1) is 10.3. The van der Waals surface area contributed by atoms with Crippen LogP contribution < -0.4 is 0 Å². The maximum Gasteiger partial charge on any atom is 2.00 e. The zero-order chi connectivity index (χ0) is 14.9. The van der Waals surface area contributed by atoms with E-state index in [1.54, 1.807) is 0 Å². The fourth-order valence-corrected chi connectivity index (χ4v) is 2.54. The quantitative estimate of drug-likeness (QED) is 0.347. The van der Waals surface area contributed by atoms with E-state index in [0.29, 0.717) is 0 Å². The van der Waals surface area contributed by atoms with Crippen LogP contribution in [-0.2, 0) is 32.6 Å². The molecule has 24 heavy (non-hydrogen) atoms. The Morgan fingerprint density at radius 1 is 1.21 bits per heavy atom. The van der Waals surface area contributed by atoms with Crippen LogP contribution in [0.15, 0.2) is 66.8 Å². The molecule has 0 amide bonds. The monoisotopic (exact) mass is 438 g/mol. The predicted molar refractivity (Wildman–Crippen MR) is 108 cm³/mol. The number of hydrogen-bond donors (Lipinski definition) is 0. The molecule has 1 aliphatic carbocycles. The number of rotatable bonds is 5. The summed E-state index contributed by atoms with van der Waals surface area (Å²) in [7, 11) is 0. The van der Waals surface area contributed by atoms with Crippen molar-refractivity contribution in [1.82, 2.24) is 0 Å². The number of unbranched alkanes of at least 4 members (excludes halogenated alkanes) is 1. The topological polar surface area (TPSA) is 0 Å². The van der Waals surface area contributed by atoms with E-state index in [4.69, 9.17) is 0 Å². The molecule has 0 N–H and O–H groups in total. The van der Waals surface area contributed by atoms with Crippen LogP contribution in [-0.4, -0.2) is 0 Å². The molecule has 3 rings (SSSR count). The largest absolute Gasteiger partial charge is 2.00 e. The second-order valence-electron chi connectivity index (χ2n) is 5.35. The zero-order valence-corrected chi connectivity index (χ0v) is 18.3. The summed E-state index contributed by atoms with van der Waals surface area (Å²) < 4.78 is 0. The second-order valence-corrected chi connectivity index (χ2v) is 5.35. The van der Waals surface area contributed by atoms with Crippen LogP contribution in [0.25, 0.3) is 10.8 Å². The molecule has 0 saturated heterocycles. The van der Waals surface area contributed by atoms with E-state index in [1.165, 1.54) is 41.2 Å². The molecule has 1 aliphatic rings. The minimum Gasteiger partial charge on any atom is -0.269 e. The van der Waals surface area contributed by atoms with Gasteiger partial charge in [0.25, 0.3) is 0 Å². The van der Waals surface area contributed by atoms with Crippen LogP contribution in [0.4, 0.5) is 0 Å². The SMILES string of the molecule is C=CC[c-]1ccc2ccccc21.CCCCC1=[C-]CC=C1.Cl.Cl.[Zr+2]. The maximum atomic E-state index is 3.74. The molecule has 0 heterocycles. The fraction of sp³-hybridized carbons (Fsp3) is 0.286. The predicted octanol–water partition coefficient (Wildman–Crippen LogP) is 6.99. The molecule has 2 aromatic rings. The molecule has 0 fully saturated rings. The molecule has 0 nitrogen and oxygen atoms in total. The van der Waals surface area contributed by atoms with Gasteiger partial charge in [-0.1, -0.05) is 38.3 Å². The van der Waals surface area contributed by atoms with Gasteiger partial charge in [-0.05, 0) is 6.42 Å². The van der Waals surface area contributed by atoms with Crippen LogP contribution in [0.1, 0.15) is 38.2 Å². The van der Waals surface area contributed by atoms with E-state index >= 15 is 0 Å². The van der Waals surface area contributed by atoms with Crippen molar-refractivity contribution in [1.29, 1.82) is 0 Å². The molecule has 2 aromatic carbocycles. The van der Waals surface area contributed by atoms with E-state index in [2.05, 4.69) is 68.1 Å². The minimum absolute atomic E-state index is 0. The summed E-state index contributed by atoms with van der Waals surface area (Å²) in [5, 5.41) is 2.69. The van der Waals surface area contributed by atoms with Gasteiger partial charge in [-0.15, -0.1) is 78.4 Å². The second kappa shape index (κ2) is 14.8. The van der Waals surface area contributed by atoms with Crippen molar-refractivity contribution >= 4 is 35.6 Å². The summed E-state index contributed by atoms with van der Waals surface area (Å²) in [4.78, 5) is 0. The average Bonchev–Trinajstić information content (AvgIpc) is 3.16. The number of fused-ring (bicyclic) bond motifs is 1. The third-order valence-electron chi connectivity index (χ3n) is 3.70. The Morgan fingerprint density at radius 2 is 1.96 bits per heavy atom. The fourth-order valence-electron chi connectivity index (χ4n) is 2.54. The molecule has 3 heteroatoms. The van der Waals surface area contributed by atoms with Crippen LogP contribution in [0, 0.1) is 6.08 Å². The van der Waals surface area contributed by atoms with Crippen molar-refractivity contribution in [3.63, 3.8) is 0 Å². The van der Waals surface area contributed by atoms with Gasteiger partial charge >= 0.3 is 26.2 Å². The Labute approximate surface area is 178 Å². The van der Waals surface area contributed by atoms with Crippen LogP contribution in [0.3, 0.4) is 0 Å². The molecule has 128 valence electrons. The first-order valence-electron chi connectivity index (χ1n) is 7.85. The van der Waals surface area contributed by atoms with E-state index in [1.807, 2.05) is 6.08 Å². The summed E-state index contributed by atoms with van der Waals surface area (Å²) in [5.74, 6) is 0. The van der Waals surface area contributed by atoms with Gasteiger partial charge in [-0.25, -0.2) is 11.6 Å². The maximum absolute atomic E-state index is 3.74. The third kappa shape index (κ3) is 8.06. The van der Waals surface area contributed by atoms with E-state index in [9.17, 15) is 0 Å². The van der Waals surface area contributed by atoms with Crippen molar-refractivity contribution in [3.05, 3.63) is 78.4 Å². The standard InChI is InChI=1S/C12H11.C9H13.2ClH.Zr/c1-2-5-10-8-9-11-6-3-4-7-12(10)11;1-2-3-6-9-7-4-5-8-9;;;/h2-4,6-9H,1,5H2;4,7H,2-3,5-6H2,1H3;2*1H;/q2*-1;;;+2. The zero-order valence-electron chi connectivity index (χ0n) is 14.3. The van der Waals surface area contributed by atoms with E-state index in [-0.39, 0.29) is 51.0 Å². The van der Waals surface area contributed by atoms with Gasteiger partial charge < -0.3 is 0 Å². The molecule has 0 unspecified atom stereocenters. The van der Waals surface area contributed by atoms with E-state index < -0.39 is 0 Å².